The summed E-state index contributed by atoms with van der Waals surface area (Å²) >= 11 is 0. The van der Waals surface area contributed by atoms with E-state index in [1.807, 2.05) is 30.3 Å². The third-order valence-corrected chi connectivity index (χ3v) is 3.85. The Labute approximate surface area is 136 Å². The Bertz CT molecular complexity index is 507. The highest BCUT2D eigenvalue weighted by atomic mass is 16.5. The van der Waals surface area contributed by atoms with Gasteiger partial charge in [0.15, 0.2) is 0 Å². The van der Waals surface area contributed by atoms with Crippen LogP contribution in [0.25, 0.3) is 0 Å². The molecule has 1 aromatic rings. The molecule has 1 aliphatic rings. The third-order valence-electron chi connectivity index (χ3n) is 3.85. The number of para-hydroxylation sites is 1. The second kappa shape index (κ2) is 9.15. The van der Waals surface area contributed by atoms with Crippen molar-refractivity contribution < 1.29 is 19.1 Å². The number of hydrogen-bond donors (Lipinski definition) is 1. The molecule has 1 atom stereocenters. The molecule has 2 amide bonds. The molecule has 0 aliphatic carbocycles. The van der Waals surface area contributed by atoms with Gasteiger partial charge in [-0.1, -0.05) is 18.2 Å². The lowest BCUT2D eigenvalue weighted by molar-refractivity contribution is -0.138. The summed E-state index contributed by atoms with van der Waals surface area (Å²) in [4.78, 5) is 25.7. The molecule has 1 fully saturated rings. The fourth-order valence-electron chi connectivity index (χ4n) is 2.55. The molecule has 0 bridgehead atoms. The van der Waals surface area contributed by atoms with Crippen molar-refractivity contribution >= 4 is 11.8 Å². The van der Waals surface area contributed by atoms with Crippen molar-refractivity contribution in [2.45, 2.75) is 12.8 Å². The number of carbonyl (C=O) groups excluding carboxylic acids is 2. The molecule has 126 valence electrons. The van der Waals surface area contributed by atoms with Crippen LogP contribution in [0.1, 0.15) is 12.8 Å². The Balaban J connectivity index is 1.69. The molecule has 23 heavy (non-hydrogen) atoms. The maximum Gasteiger partial charge on any atom is 0.225 e. The summed E-state index contributed by atoms with van der Waals surface area (Å²) in [6.07, 6.45) is 1.02. The van der Waals surface area contributed by atoms with E-state index in [4.69, 9.17) is 9.47 Å². The lowest BCUT2D eigenvalue weighted by Crippen LogP contribution is -2.47. The van der Waals surface area contributed by atoms with Crippen LogP contribution in [0.5, 0.6) is 5.75 Å². The van der Waals surface area contributed by atoms with Crippen LogP contribution in [0.15, 0.2) is 30.3 Å². The standard InChI is InChI=1S/C17H24N2O4/c1-22-12-10-19-13-14(7-8-16(19)20)17(21)18-9-11-23-15-5-3-2-4-6-15/h2-6,14H,7-13H2,1H3,(H,18,21)/t14-/m0/s1. The number of carbonyl (C=O) groups is 2. The molecule has 2 rings (SSSR count). The van der Waals surface area contributed by atoms with Crippen LogP contribution in [0.4, 0.5) is 0 Å². The zero-order chi connectivity index (χ0) is 16.5. The van der Waals surface area contributed by atoms with Crippen molar-refractivity contribution in [3.63, 3.8) is 0 Å². The number of amides is 2. The Kier molecular flexibility index (Phi) is 6.87. The summed E-state index contributed by atoms with van der Waals surface area (Å²) in [6, 6.07) is 9.49. The molecule has 0 aromatic heterocycles. The first-order chi connectivity index (χ1) is 11.2. The number of hydrogen-bond acceptors (Lipinski definition) is 4. The van der Waals surface area contributed by atoms with E-state index in [1.165, 1.54) is 0 Å². The van der Waals surface area contributed by atoms with Gasteiger partial charge in [0.05, 0.1) is 19.1 Å². The largest absolute Gasteiger partial charge is 0.492 e. The van der Waals surface area contributed by atoms with Crippen molar-refractivity contribution in [2.24, 2.45) is 5.92 Å². The predicted molar refractivity (Wildman–Crippen MR) is 86.1 cm³/mol. The lowest BCUT2D eigenvalue weighted by atomic mass is 9.96. The molecule has 1 aliphatic heterocycles. The molecule has 1 heterocycles. The SMILES string of the molecule is COCCN1C[C@@H](C(=O)NCCOc2ccccc2)CCC1=O. The van der Waals surface area contributed by atoms with Gasteiger partial charge in [-0.05, 0) is 18.6 Å². The minimum atomic E-state index is -0.152. The number of likely N-dealkylation sites (tertiary alicyclic amines) is 1. The lowest BCUT2D eigenvalue weighted by Gasteiger charge is -2.31. The molecule has 1 aromatic carbocycles. The van der Waals surface area contributed by atoms with E-state index in [0.29, 0.717) is 45.7 Å². The van der Waals surface area contributed by atoms with Gasteiger partial charge in [0.25, 0.3) is 0 Å². The van der Waals surface area contributed by atoms with E-state index in [1.54, 1.807) is 12.0 Å². The summed E-state index contributed by atoms with van der Waals surface area (Å²) in [5.74, 6) is 0.715. The quantitative estimate of drug-likeness (QED) is 0.728. The topological polar surface area (TPSA) is 67.9 Å². The van der Waals surface area contributed by atoms with Gasteiger partial charge in [0.2, 0.25) is 11.8 Å². The van der Waals surface area contributed by atoms with E-state index >= 15 is 0 Å². The van der Waals surface area contributed by atoms with Crippen molar-refractivity contribution in [3.05, 3.63) is 30.3 Å². The van der Waals surface area contributed by atoms with Crippen molar-refractivity contribution in [1.82, 2.24) is 10.2 Å². The highest BCUT2D eigenvalue weighted by molar-refractivity contribution is 5.83. The fraction of sp³-hybridized carbons (Fsp3) is 0.529. The van der Waals surface area contributed by atoms with Gasteiger partial charge in [0, 0.05) is 26.6 Å². The van der Waals surface area contributed by atoms with E-state index in [0.717, 1.165) is 5.75 Å². The monoisotopic (exact) mass is 320 g/mol. The van der Waals surface area contributed by atoms with Crippen LogP contribution in [-0.4, -0.2) is 56.7 Å². The summed E-state index contributed by atoms with van der Waals surface area (Å²) in [6.45, 7) is 2.37. The average Bonchev–Trinajstić information content (AvgIpc) is 2.58. The number of methoxy groups -OCH3 is 1. The minimum absolute atomic E-state index is 0.0171. The summed E-state index contributed by atoms with van der Waals surface area (Å²) in [5, 5.41) is 2.88. The first-order valence-corrected chi connectivity index (χ1v) is 7.93. The van der Waals surface area contributed by atoms with Crippen LogP contribution < -0.4 is 10.1 Å². The van der Waals surface area contributed by atoms with Crippen LogP contribution in [-0.2, 0) is 14.3 Å². The molecule has 0 saturated carbocycles. The average molecular weight is 320 g/mol. The fourth-order valence-corrected chi connectivity index (χ4v) is 2.55. The number of nitrogens with one attached hydrogen (secondary N) is 1. The zero-order valence-electron chi connectivity index (χ0n) is 13.5. The molecule has 0 radical (unpaired) electrons. The number of piperidine rings is 1. The second-order valence-corrected chi connectivity index (χ2v) is 5.52. The van der Waals surface area contributed by atoms with Crippen LogP contribution >= 0.6 is 0 Å². The normalized spacial score (nSPS) is 17.9. The van der Waals surface area contributed by atoms with Gasteiger partial charge in [-0.25, -0.2) is 0 Å². The van der Waals surface area contributed by atoms with Gasteiger partial charge in [-0.2, -0.15) is 0 Å². The molecule has 6 nitrogen and oxygen atoms in total. The highest BCUT2D eigenvalue weighted by Crippen LogP contribution is 2.17. The van der Waals surface area contributed by atoms with Crippen LogP contribution in [0.3, 0.4) is 0 Å². The Morgan fingerprint density at radius 2 is 2.09 bits per heavy atom. The maximum absolute atomic E-state index is 12.2. The number of ether oxygens (including phenoxy) is 2. The number of nitrogens with zero attached hydrogens (tertiary/aromatic N) is 1. The number of benzene rings is 1. The van der Waals surface area contributed by atoms with E-state index < -0.39 is 0 Å². The molecular formula is C17H24N2O4. The van der Waals surface area contributed by atoms with Gasteiger partial charge in [-0.3, -0.25) is 9.59 Å². The Morgan fingerprint density at radius 1 is 1.30 bits per heavy atom. The van der Waals surface area contributed by atoms with E-state index in [9.17, 15) is 9.59 Å². The molecule has 1 N–H and O–H groups in total. The second-order valence-electron chi connectivity index (χ2n) is 5.52. The van der Waals surface area contributed by atoms with E-state index in [-0.39, 0.29) is 17.7 Å². The maximum atomic E-state index is 12.2. The van der Waals surface area contributed by atoms with Crippen LogP contribution in [0.2, 0.25) is 0 Å². The molecular weight excluding hydrogens is 296 g/mol. The van der Waals surface area contributed by atoms with Crippen molar-refractivity contribution in [1.29, 1.82) is 0 Å². The molecule has 0 spiro atoms. The molecule has 0 unspecified atom stereocenters. The molecule has 6 heteroatoms. The van der Waals surface area contributed by atoms with Gasteiger partial charge in [-0.15, -0.1) is 0 Å². The first-order valence-electron chi connectivity index (χ1n) is 7.93. The minimum Gasteiger partial charge on any atom is -0.492 e. The summed E-state index contributed by atoms with van der Waals surface area (Å²) in [5.41, 5.74) is 0. The molecule has 1 saturated heterocycles. The van der Waals surface area contributed by atoms with E-state index in [2.05, 4.69) is 5.32 Å². The third kappa shape index (κ3) is 5.56. The summed E-state index contributed by atoms with van der Waals surface area (Å²) in [7, 11) is 1.60. The van der Waals surface area contributed by atoms with Gasteiger partial charge >= 0.3 is 0 Å². The summed E-state index contributed by atoms with van der Waals surface area (Å²) < 4.78 is 10.5. The smallest absolute Gasteiger partial charge is 0.225 e. The highest BCUT2D eigenvalue weighted by Gasteiger charge is 2.29. The Morgan fingerprint density at radius 3 is 2.83 bits per heavy atom. The zero-order valence-corrected chi connectivity index (χ0v) is 13.5. The Hall–Kier alpha value is -2.08. The van der Waals surface area contributed by atoms with Gasteiger partial charge in [0.1, 0.15) is 12.4 Å². The number of rotatable bonds is 8. The van der Waals surface area contributed by atoms with Crippen molar-refractivity contribution in [2.75, 3.05) is 40.0 Å². The van der Waals surface area contributed by atoms with Crippen molar-refractivity contribution in [3.8, 4) is 5.75 Å². The van der Waals surface area contributed by atoms with Gasteiger partial charge < -0.3 is 19.7 Å². The van der Waals surface area contributed by atoms with Crippen LogP contribution in [0, 0.1) is 5.92 Å². The first kappa shape index (κ1) is 17.3. The predicted octanol–water partition coefficient (Wildman–Crippen LogP) is 1.07.